The second-order valence-corrected chi connectivity index (χ2v) is 7.01. The summed E-state index contributed by atoms with van der Waals surface area (Å²) in [6.07, 6.45) is 4.32. The van der Waals surface area contributed by atoms with Crippen LogP contribution < -0.4 is 5.32 Å². The number of furan rings is 1. The summed E-state index contributed by atoms with van der Waals surface area (Å²) in [6.45, 7) is 2.86. The van der Waals surface area contributed by atoms with Crippen molar-refractivity contribution in [3.8, 4) is 0 Å². The van der Waals surface area contributed by atoms with Crippen molar-refractivity contribution in [3.63, 3.8) is 0 Å². The molecule has 0 saturated carbocycles. The highest BCUT2D eigenvalue weighted by Gasteiger charge is 2.16. The maximum absolute atomic E-state index is 11.1. The summed E-state index contributed by atoms with van der Waals surface area (Å²) in [4.78, 5) is 0. The molecule has 0 aliphatic heterocycles. The molecular weight excluding hydrogens is 306 g/mol. The number of halogens is 1. The third-order valence-corrected chi connectivity index (χ3v) is 4.15. The Labute approximate surface area is 111 Å². The normalized spacial score (nSPS) is 13.8. The molecule has 1 rings (SSSR count). The largest absolute Gasteiger partial charge is 0.457 e. The van der Waals surface area contributed by atoms with Gasteiger partial charge in [-0.1, -0.05) is 6.92 Å². The molecule has 1 N–H and O–H groups in total. The van der Waals surface area contributed by atoms with Gasteiger partial charge in [0.2, 0.25) is 0 Å². The van der Waals surface area contributed by atoms with Crippen molar-refractivity contribution in [3.05, 3.63) is 22.6 Å². The Hall–Kier alpha value is -0.330. The van der Waals surface area contributed by atoms with Gasteiger partial charge in [0.1, 0.15) is 9.84 Å². The zero-order valence-corrected chi connectivity index (χ0v) is 12.5. The van der Waals surface area contributed by atoms with Gasteiger partial charge in [-0.25, -0.2) is 8.42 Å². The maximum atomic E-state index is 11.1. The van der Waals surface area contributed by atoms with Crippen molar-refractivity contribution in [1.29, 1.82) is 0 Å². The molecule has 0 saturated heterocycles. The predicted molar refractivity (Wildman–Crippen MR) is 71.8 cm³/mol. The molecule has 4 nitrogen and oxygen atoms in total. The van der Waals surface area contributed by atoms with Gasteiger partial charge in [0.15, 0.2) is 4.67 Å². The van der Waals surface area contributed by atoms with E-state index >= 15 is 0 Å². The monoisotopic (exact) mass is 323 g/mol. The van der Waals surface area contributed by atoms with Crippen molar-refractivity contribution < 1.29 is 12.8 Å². The van der Waals surface area contributed by atoms with Gasteiger partial charge in [-0.05, 0) is 41.4 Å². The first-order valence-corrected chi connectivity index (χ1v) is 8.43. The molecule has 1 aromatic heterocycles. The molecule has 6 heteroatoms. The van der Waals surface area contributed by atoms with Crippen molar-refractivity contribution in [2.45, 2.75) is 25.8 Å². The minimum Gasteiger partial charge on any atom is -0.457 e. The lowest BCUT2D eigenvalue weighted by Crippen LogP contribution is -2.21. The SMILES string of the molecule is CCNC(CCCS(C)(=O)=O)c1ccoc1Br. The van der Waals surface area contributed by atoms with Crippen LogP contribution in [-0.2, 0) is 9.84 Å². The van der Waals surface area contributed by atoms with E-state index in [1.165, 1.54) is 6.26 Å². The van der Waals surface area contributed by atoms with Crippen LogP contribution in [0.5, 0.6) is 0 Å². The molecule has 0 aliphatic carbocycles. The Kier molecular flexibility index (Phi) is 5.69. The molecule has 0 fully saturated rings. The van der Waals surface area contributed by atoms with Crippen LogP contribution in [0, 0.1) is 0 Å². The highest BCUT2D eigenvalue weighted by Crippen LogP contribution is 2.27. The second kappa shape index (κ2) is 6.56. The summed E-state index contributed by atoms with van der Waals surface area (Å²) in [7, 11) is -2.88. The number of hydrogen-bond acceptors (Lipinski definition) is 4. The zero-order valence-electron chi connectivity index (χ0n) is 10.1. The molecule has 0 spiro atoms. The van der Waals surface area contributed by atoms with Crippen LogP contribution in [-0.4, -0.2) is 27.0 Å². The van der Waals surface area contributed by atoms with Crippen LogP contribution in [0.15, 0.2) is 21.4 Å². The highest BCUT2D eigenvalue weighted by molar-refractivity contribution is 9.10. The van der Waals surface area contributed by atoms with E-state index < -0.39 is 9.84 Å². The van der Waals surface area contributed by atoms with Gasteiger partial charge in [0, 0.05) is 23.6 Å². The molecule has 1 aromatic rings. The third-order valence-electron chi connectivity index (χ3n) is 2.48. The van der Waals surface area contributed by atoms with Crippen molar-refractivity contribution in [2.75, 3.05) is 18.6 Å². The van der Waals surface area contributed by atoms with E-state index in [0.29, 0.717) is 11.1 Å². The van der Waals surface area contributed by atoms with Crippen molar-refractivity contribution in [2.24, 2.45) is 0 Å². The van der Waals surface area contributed by atoms with Gasteiger partial charge in [0.25, 0.3) is 0 Å². The topological polar surface area (TPSA) is 59.3 Å². The molecule has 0 aliphatic rings. The molecule has 0 aromatic carbocycles. The molecule has 0 amide bonds. The van der Waals surface area contributed by atoms with E-state index in [9.17, 15) is 8.42 Å². The minimum atomic E-state index is -2.88. The first-order valence-electron chi connectivity index (χ1n) is 5.58. The molecule has 0 bridgehead atoms. The maximum Gasteiger partial charge on any atom is 0.173 e. The van der Waals surface area contributed by atoms with E-state index in [1.807, 2.05) is 13.0 Å². The molecule has 98 valence electrons. The number of rotatable bonds is 7. The van der Waals surface area contributed by atoms with Crippen LogP contribution in [0.4, 0.5) is 0 Å². The summed E-state index contributed by atoms with van der Waals surface area (Å²) in [5.41, 5.74) is 1.04. The van der Waals surface area contributed by atoms with E-state index in [-0.39, 0.29) is 11.8 Å². The van der Waals surface area contributed by atoms with Gasteiger partial charge >= 0.3 is 0 Å². The lowest BCUT2D eigenvalue weighted by Gasteiger charge is -2.16. The average molecular weight is 324 g/mol. The fourth-order valence-electron chi connectivity index (χ4n) is 1.72. The predicted octanol–water partition coefficient (Wildman–Crippen LogP) is 2.52. The van der Waals surface area contributed by atoms with Crippen LogP contribution in [0.25, 0.3) is 0 Å². The fraction of sp³-hybridized carbons (Fsp3) is 0.636. The minimum absolute atomic E-state index is 0.134. The van der Waals surface area contributed by atoms with Crippen LogP contribution >= 0.6 is 15.9 Å². The van der Waals surface area contributed by atoms with Crippen LogP contribution in [0.2, 0.25) is 0 Å². The van der Waals surface area contributed by atoms with E-state index in [0.717, 1.165) is 18.5 Å². The van der Waals surface area contributed by atoms with Gasteiger partial charge in [-0.3, -0.25) is 0 Å². The Morgan fingerprint density at radius 1 is 1.53 bits per heavy atom. The molecule has 17 heavy (non-hydrogen) atoms. The first-order chi connectivity index (χ1) is 7.94. The Balaban J connectivity index is 2.59. The summed E-state index contributed by atoms with van der Waals surface area (Å²) in [5.74, 6) is 0.227. The van der Waals surface area contributed by atoms with E-state index in [1.54, 1.807) is 6.26 Å². The van der Waals surface area contributed by atoms with Gasteiger partial charge in [-0.15, -0.1) is 0 Å². The summed E-state index contributed by atoms with van der Waals surface area (Å²) in [5, 5.41) is 3.33. The lowest BCUT2D eigenvalue weighted by molar-refractivity contribution is 0.484. The van der Waals surface area contributed by atoms with Gasteiger partial charge in [0.05, 0.1) is 6.26 Å². The molecule has 1 heterocycles. The van der Waals surface area contributed by atoms with E-state index in [4.69, 9.17) is 4.42 Å². The lowest BCUT2D eigenvalue weighted by atomic mass is 10.1. The highest BCUT2D eigenvalue weighted by atomic mass is 79.9. The Morgan fingerprint density at radius 2 is 2.24 bits per heavy atom. The van der Waals surface area contributed by atoms with Crippen molar-refractivity contribution in [1.82, 2.24) is 5.32 Å². The molecule has 0 radical (unpaired) electrons. The van der Waals surface area contributed by atoms with Gasteiger partial charge < -0.3 is 9.73 Å². The van der Waals surface area contributed by atoms with Gasteiger partial charge in [-0.2, -0.15) is 0 Å². The molecule has 1 unspecified atom stereocenters. The van der Waals surface area contributed by atoms with E-state index in [2.05, 4.69) is 21.2 Å². The summed E-state index contributed by atoms with van der Waals surface area (Å²) < 4.78 is 28.1. The molecular formula is C11H18BrNO3S. The smallest absolute Gasteiger partial charge is 0.173 e. The quantitative estimate of drug-likeness (QED) is 0.837. The number of nitrogens with one attached hydrogen (secondary N) is 1. The Bertz CT molecular complexity index is 441. The first kappa shape index (κ1) is 14.7. The molecule has 1 atom stereocenters. The average Bonchev–Trinajstić information content (AvgIpc) is 2.61. The summed E-state index contributed by atoms with van der Waals surface area (Å²) in [6, 6.07) is 2.03. The van der Waals surface area contributed by atoms with Crippen LogP contribution in [0.1, 0.15) is 31.4 Å². The Morgan fingerprint density at radius 3 is 2.71 bits per heavy atom. The summed E-state index contributed by atoms with van der Waals surface area (Å²) >= 11 is 3.34. The number of hydrogen-bond donors (Lipinski definition) is 1. The second-order valence-electron chi connectivity index (χ2n) is 4.03. The van der Waals surface area contributed by atoms with Crippen LogP contribution in [0.3, 0.4) is 0 Å². The van der Waals surface area contributed by atoms with Crippen molar-refractivity contribution >= 4 is 25.8 Å². The fourth-order valence-corrected chi connectivity index (χ4v) is 2.92. The third kappa shape index (κ3) is 5.23. The standard InChI is InChI=1S/C11H18BrNO3S/c1-3-13-10(5-4-8-17(2,14)15)9-6-7-16-11(9)12/h6-7,10,13H,3-5,8H2,1-2H3. The zero-order chi connectivity index (χ0) is 12.9. The number of sulfone groups is 1.